The number of amides is 1. The maximum atomic E-state index is 12.9. The van der Waals surface area contributed by atoms with Crippen LogP contribution >= 0.6 is 11.8 Å². The second-order valence-corrected chi connectivity index (χ2v) is 7.26. The molecule has 1 aliphatic heterocycles. The van der Waals surface area contributed by atoms with Gasteiger partial charge in [-0.1, -0.05) is 12.1 Å². The number of hydrogen-bond acceptors (Lipinski definition) is 3. The summed E-state index contributed by atoms with van der Waals surface area (Å²) in [5, 5.41) is 13.1. The quantitative estimate of drug-likeness (QED) is 0.844. The smallest absolute Gasteiger partial charge is 0.220 e. The maximum absolute atomic E-state index is 12.9. The Labute approximate surface area is 135 Å². The molecule has 2 atom stereocenters. The van der Waals surface area contributed by atoms with Crippen molar-refractivity contribution in [2.45, 2.75) is 44.8 Å². The summed E-state index contributed by atoms with van der Waals surface area (Å²) in [5.74, 6) is 2.54. The van der Waals surface area contributed by atoms with Crippen LogP contribution < -0.4 is 5.32 Å². The van der Waals surface area contributed by atoms with E-state index < -0.39 is 6.10 Å². The Morgan fingerprint density at radius 1 is 1.36 bits per heavy atom. The molecule has 3 nitrogen and oxygen atoms in total. The van der Waals surface area contributed by atoms with Gasteiger partial charge in [0.2, 0.25) is 5.91 Å². The number of hydrogen-bond donors (Lipinski definition) is 2. The number of thioether (sulfide) groups is 1. The summed E-state index contributed by atoms with van der Waals surface area (Å²) in [5.41, 5.74) is 0.673. The summed E-state index contributed by atoms with van der Waals surface area (Å²) >= 11 is 1.96. The zero-order valence-corrected chi connectivity index (χ0v) is 13.7. The van der Waals surface area contributed by atoms with Crippen LogP contribution in [-0.4, -0.2) is 28.6 Å². The minimum absolute atomic E-state index is 0.0655. The molecule has 1 fully saturated rings. The molecule has 1 aliphatic rings. The van der Waals surface area contributed by atoms with Crippen LogP contribution in [0.15, 0.2) is 24.3 Å². The molecule has 2 N–H and O–H groups in total. The number of aliphatic hydroxyl groups is 1. The Balaban J connectivity index is 1.75. The molecule has 0 bridgehead atoms. The summed E-state index contributed by atoms with van der Waals surface area (Å²) in [6, 6.07) is 5.72. The van der Waals surface area contributed by atoms with Gasteiger partial charge in [0.25, 0.3) is 0 Å². The van der Waals surface area contributed by atoms with Crippen molar-refractivity contribution in [1.29, 1.82) is 0 Å². The van der Waals surface area contributed by atoms with Gasteiger partial charge in [-0.25, -0.2) is 4.39 Å². The SMILES string of the molecule is CC(CC(O)c1ccc(F)cc1)NC(=O)CC1CCSCC1. The zero-order chi connectivity index (χ0) is 15.9. The molecular weight excluding hydrogens is 301 g/mol. The van der Waals surface area contributed by atoms with Gasteiger partial charge in [-0.05, 0) is 61.3 Å². The van der Waals surface area contributed by atoms with Gasteiger partial charge in [0.05, 0.1) is 6.10 Å². The standard InChI is InChI=1S/C17H24FNO2S/c1-12(10-16(20)14-2-4-15(18)5-3-14)19-17(21)11-13-6-8-22-9-7-13/h2-5,12-13,16,20H,6-11H2,1H3,(H,19,21). The van der Waals surface area contributed by atoms with Crippen LogP contribution in [0.2, 0.25) is 0 Å². The normalized spacial score (nSPS) is 18.7. The molecule has 2 unspecified atom stereocenters. The number of rotatable bonds is 6. The second kappa shape index (κ2) is 8.53. The molecule has 1 heterocycles. The number of nitrogens with one attached hydrogen (secondary N) is 1. The highest BCUT2D eigenvalue weighted by atomic mass is 32.2. The van der Waals surface area contributed by atoms with Crippen LogP contribution in [-0.2, 0) is 4.79 Å². The zero-order valence-electron chi connectivity index (χ0n) is 12.9. The van der Waals surface area contributed by atoms with Crippen LogP contribution in [0, 0.1) is 11.7 Å². The van der Waals surface area contributed by atoms with E-state index in [0.29, 0.717) is 24.3 Å². The van der Waals surface area contributed by atoms with E-state index in [0.717, 1.165) is 24.3 Å². The average Bonchev–Trinajstić information content (AvgIpc) is 2.48. The molecule has 1 aromatic rings. The number of carbonyl (C=O) groups excluding carboxylic acids is 1. The average molecular weight is 325 g/mol. The topological polar surface area (TPSA) is 49.3 Å². The van der Waals surface area contributed by atoms with Crippen LogP contribution in [0.3, 0.4) is 0 Å². The lowest BCUT2D eigenvalue weighted by Gasteiger charge is -2.23. The Morgan fingerprint density at radius 2 is 2.00 bits per heavy atom. The number of benzene rings is 1. The molecule has 1 amide bonds. The van der Waals surface area contributed by atoms with Crippen LogP contribution in [0.4, 0.5) is 4.39 Å². The Kier molecular flexibility index (Phi) is 6.70. The van der Waals surface area contributed by atoms with E-state index in [9.17, 15) is 14.3 Å². The van der Waals surface area contributed by atoms with Crippen LogP contribution in [0.5, 0.6) is 0 Å². The second-order valence-electron chi connectivity index (χ2n) is 6.03. The maximum Gasteiger partial charge on any atom is 0.220 e. The van der Waals surface area contributed by atoms with Gasteiger partial charge in [0.1, 0.15) is 5.82 Å². The van der Waals surface area contributed by atoms with Gasteiger partial charge in [-0.15, -0.1) is 0 Å². The van der Waals surface area contributed by atoms with E-state index in [2.05, 4.69) is 5.32 Å². The third-order valence-corrected chi connectivity index (χ3v) is 5.10. The minimum Gasteiger partial charge on any atom is -0.388 e. The molecule has 0 saturated carbocycles. The van der Waals surface area contributed by atoms with Crippen molar-refractivity contribution in [3.8, 4) is 0 Å². The number of carbonyl (C=O) groups is 1. The Morgan fingerprint density at radius 3 is 2.64 bits per heavy atom. The number of halogens is 1. The molecule has 0 aromatic heterocycles. The van der Waals surface area contributed by atoms with Crippen molar-refractivity contribution in [2.75, 3.05) is 11.5 Å². The van der Waals surface area contributed by atoms with Crippen molar-refractivity contribution in [1.82, 2.24) is 5.32 Å². The Hall–Kier alpha value is -1.07. The highest BCUT2D eigenvalue weighted by Crippen LogP contribution is 2.25. The summed E-state index contributed by atoms with van der Waals surface area (Å²) in [4.78, 5) is 12.0. The summed E-state index contributed by atoms with van der Waals surface area (Å²) in [7, 11) is 0. The van der Waals surface area contributed by atoms with Gasteiger partial charge in [-0.3, -0.25) is 4.79 Å². The van der Waals surface area contributed by atoms with Crippen molar-refractivity contribution in [3.63, 3.8) is 0 Å². The van der Waals surface area contributed by atoms with Gasteiger partial charge in [-0.2, -0.15) is 11.8 Å². The molecule has 5 heteroatoms. The van der Waals surface area contributed by atoms with E-state index in [1.807, 2.05) is 18.7 Å². The lowest BCUT2D eigenvalue weighted by molar-refractivity contribution is -0.122. The van der Waals surface area contributed by atoms with E-state index in [1.165, 1.54) is 12.1 Å². The van der Waals surface area contributed by atoms with Crippen LogP contribution in [0.25, 0.3) is 0 Å². The van der Waals surface area contributed by atoms with Gasteiger partial charge < -0.3 is 10.4 Å². The first-order valence-electron chi connectivity index (χ1n) is 7.85. The third kappa shape index (κ3) is 5.61. The molecule has 0 aliphatic carbocycles. The summed E-state index contributed by atoms with van der Waals surface area (Å²) in [6.45, 7) is 1.89. The predicted molar refractivity (Wildman–Crippen MR) is 88.2 cm³/mol. The fourth-order valence-electron chi connectivity index (χ4n) is 2.76. The first-order valence-corrected chi connectivity index (χ1v) is 9.00. The van der Waals surface area contributed by atoms with Crippen molar-refractivity contribution < 1.29 is 14.3 Å². The molecule has 1 saturated heterocycles. The van der Waals surface area contributed by atoms with Crippen molar-refractivity contribution in [2.24, 2.45) is 5.92 Å². The van der Waals surface area contributed by atoms with Crippen molar-refractivity contribution in [3.05, 3.63) is 35.6 Å². The van der Waals surface area contributed by atoms with E-state index in [4.69, 9.17) is 0 Å². The van der Waals surface area contributed by atoms with E-state index in [1.54, 1.807) is 12.1 Å². The first kappa shape index (κ1) is 17.3. The molecule has 0 radical (unpaired) electrons. The highest BCUT2D eigenvalue weighted by Gasteiger charge is 2.19. The first-order chi connectivity index (χ1) is 10.5. The molecular formula is C17H24FNO2S. The highest BCUT2D eigenvalue weighted by molar-refractivity contribution is 7.99. The molecule has 2 rings (SSSR count). The van der Waals surface area contributed by atoms with Crippen LogP contribution in [0.1, 0.15) is 44.3 Å². The number of aliphatic hydroxyl groups excluding tert-OH is 1. The monoisotopic (exact) mass is 325 g/mol. The fraction of sp³-hybridized carbons (Fsp3) is 0.588. The van der Waals surface area contributed by atoms with Gasteiger partial charge >= 0.3 is 0 Å². The van der Waals surface area contributed by atoms with E-state index >= 15 is 0 Å². The molecule has 1 aromatic carbocycles. The largest absolute Gasteiger partial charge is 0.388 e. The molecule has 0 spiro atoms. The lowest BCUT2D eigenvalue weighted by atomic mass is 9.98. The lowest BCUT2D eigenvalue weighted by Crippen LogP contribution is -2.35. The van der Waals surface area contributed by atoms with E-state index in [-0.39, 0.29) is 17.8 Å². The summed E-state index contributed by atoms with van der Waals surface area (Å²) in [6.07, 6.45) is 2.55. The van der Waals surface area contributed by atoms with Gasteiger partial charge in [0.15, 0.2) is 0 Å². The Bertz CT molecular complexity index is 474. The predicted octanol–water partition coefficient (Wildman–Crippen LogP) is 3.29. The van der Waals surface area contributed by atoms with Gasteiger partial charge in [0, 0.05) is 12.5 Å². The van der Waals surface area contributed by atoms with Crippen molar-refractivity contribution >= 4 is 17.7 Å². The third-order valence-electron chi connectivity index (χ3n) is 4.05. The fourth-order valence-corrected chi connectivity index (χ4v) is 3.97. The summed E-state index contributed by atoms with van der Waals surface area (Å²) < 4.78 is 12.9. The minimum atomic E-state index is -0.693. The molecule has 22 heavy (non-hydrogen) atoms. The molecule has 122 valence electrons.